The van der Waals surface area contributed by atoms with Crippen LogP contribution in [0.5, 0.6) is 5.75 Å². The van der Waals surface area contributed by atoms with Gasteiger partial charge in [0.25, 0.3) is 0 Å². The number of halogens is 1. The molecule has 0 amide bonds. The van der Waals surface area contributed by atoms with Gasteiger partial charge in [0.05, 0.1) is 12.6 Å². The van der Waals surface area contributed by atoms with E-state index in [0.717, 1.165) is 18.4 Å². The van der Waals surface area contributed by atoms with Gasteiger partial charge < -0.3 is 10.5 Å². The Morgan fingerprint density at radius 1 is 1.15 bits per heavy atom. The topological polar surface area (TPSA) is 35.2 Å². The van der Waals surface area contributed by atoms with Crippen molar-refractivity contribution in [2.75, 3.05) is 7.11 Å². The van der Waals surface area contributed by atoms with Crippen molar-refractivity contribution in [3.05, 3.63) is 65.5 Å². The van der Waals surface area contributed by atoms with Crippen LogP contribution in [0.3, 0.4) is 0 Å². The van der Waals surface area contributed by atoms with E-state index in [-0.39, 0.29) is 5.82 Å². The average Bonchev–Trinajstić information content (AvgIpc) is 2.48. The highest BCUT2D eigenvalue weighted by molar-refractivity contribution is 5.46. The molecule has 20 heavy (non-hydrogen) atoms. The highest BCUT2D eigenvalue weighted by Crippen LogP contribution is 2.37. The van der Waals surface area contributed by atoms with Crippen molar-refractivity contribution < 1.29 is 9.13 Å². The van der Waals surface area contributed by atoms with Crippen LogP contribution < -0.4 is 10.5 Å². The first-order valence-corrected chi connectivity index (χ1v) is 6.80. The first kappa shape index (κ1) is 14.5. The lowest BCUT2D eigenvalue weighted by Crippen LogP contribution is -2.38. The predicted octanol–water partition coefficient (Wildman–Crippen LogP) is 3.84. The second kappa shape index (κ2) is 6.06. The zero-order valence-electron chi connectivity index (χ0n) is 11.9. The number of hydrogen-bond donors (Lipinski definition) is 1. The summed E-state index contributed by atoms with van der Waals surface area (Å²) in [6.45, 7) is 2.07. The smallest absolute Gasteiger partial charge is 0.124 e. The molecule has 2 aromatic rings. The van der Waals surface area contributed by atoms with Crippen molar-refractivity contribution >= 4 is 0 Å². The van der Waals surface area contributed by atoms with Gasteiger partial charge in [-0.15, -0.1) is 0 Å². The summed E-state index contributed by atoms with van der Waals surface area (Å²) in [4.78, 5) is 0. The summed E-state index contributed by atoms with van der Waals surface area (Å²) in [5.41, 5.74) is 7.55. The molecule has 0 aliphatic rings. The van der Waals surface area contributed by atoms with Crippen LogP contribution in [0, 0.1) is 5.82 Å². The molecule has 1 atom stereocenters. The third kappa shape index (κ3) is 2.68. The highest BCUT2D eigenvalue weighted by atomic mass is 19.1. The molecule has 106 valence electrons. The van der Waals surface area contributed by atoms with E-state index in [1.165, 1.54) is 12.1 Å². The summed E-state index contributed by atoms with van der Waals surface area (Å²) in [6, 6.07) is 14.3. The van der Waals surface area contributed by atoms with Gasteiger partial charge in [0.1, 0.15) is 11.6 Å². The lowest BCUT2D eigenvalue weighted by molar-refractivity contribution is 0.385. The molecule has 3 heteroatoms. The number of nitrogens with two attached hydrogens (primary N) is 1. The van der Waals surface area contributed by atoms with Gasteiger partial charge in [-0.3, -0.25) is 0 Å². The van der Waals surface area contributed by atoms with E-state index in [1.54, 1.807) is 13.2 Å². The van der Waals surface area contributed by atoms with Crippen LogP contribution in [-0.4, -0.2) is 7.11 Å². The van der Waals surface area contributed by atoms with E-state index in [4.69, 9.17) is 10.5 Å². The minimum absolute atomic E-state index is 0.303. The predicted molar refractivity (Wildman–Crippen MR) is 79.3 cm³/mol. The second-order valence-electron chi connectivity index (χ2n) is 4.93. The fraction of sp³-hybridized carbons (Fsp3) is 0.294. The standard InChI is InChI=1S/C17H20FNO/c1-3-11-17(19,13-7-5-4-6-8-13)15-12-14(18)9-10-16(15)20-2/h4-10,12H,3,11,19H2,1-2H3. The zero-order chi connectivity index (χ0) is 14.6. The monoisotopic (exact) mass is 273 g/mol. The average molecular weight is 273 g/mol. The molecule has 0 heterocycles. The van der Waals surface area contributed by atoms with Crippen molar-refractivity contribution in [2.45, 2.75) is 25.3 Å². The van der Waals surface area contributed by atoms with Crippen molar-refractivity contribution in [1.29, 1.82) is 0 Å². The minimum atomic E-state index is -0.747. The highest BCUT2D eigenvalue weighted by Gasteiger charge is 2.32. The Morgan fingerprint density at radius 2 is 1.85 bits per heavy atom. The zero-order valence-corrected chi connectivity index (χ0v) is 11.9. The van der Waals surface area contributed by atoms with Gasteiger partial charge in [-0.25, -0.2) is 4.39 Å². The molecule has 1 unspecified atom stereocenters. The van der Waals surface area contributed by atoms with Crippen LogP contribution in [-0.2, 0) is 5.54 Å². The summed E-state index contributed by atoms with van der Waals surface area (Å²) in [6.07, 6.45) is 1.61. The van der Waals surface area contributed by atoms with Crippen molar-refractivity contribution in [1.82, 2.24) is 0 Å². The SMILES string of the molecule is CCCC(N)(c1ccccc1)c1cc(F)ccc1OC. The Hall–Kier alpha value is -1.87. The van der Waals surface area contributed by atoms with Crippen LogP contribution in [0.2, 0.25) is 0 Å². The second-order valence-corrected chi connectivity index (χ2v) is 4.93. The summed E-state index contributed by atoms with van der Waals surface area (Å²) >= 11 is 0. The minimum Gasteiger partial charge on any atom is -0.496 e. The number of hydrogen-bond acceptors (Lipinski definition) is 2. The summed E-state index contributed by atoms with van der Waals surface area (Å²) in [5.74, 6) is 0.314. The first-order valence-electron chi connectivity index (χ1n) is 6.80. The third-order valence-corrected chi connectivity index (χ3v) is 3.58. The van der Waals surface area contributed by atoms with Gasteiger partial charge in [0, 0.05) is 5.56 Å². The number of benzene rings is 2. The van der Waals surface area contributed by atoms with Gasteiger partial charge in [-0.1, -0.05) is 43.7 Å². The molecule has 0 aliphatic carbocycles. The number of rotatable bonds is 5. The molecular weight excluding hydrogens is 253 g/mol. The largest absolute Gasteiger partial charge is 0.496 e. The first-order chi connectivity index (χ1) is 9.61. The Labute approximate surface area is 119 Å². The van der Waals surface area contributed by atoms with Crippen LogP contribution in [0.25, 0.3) is 0 Å². The molecule has 0 radical (unpaired) electrons. The molecule has 2 aromatic carbocycles. The maximum Gasteiger partial charge on any atom is 0.124 e. The summed E-state index contributed by atoms with van der Waals surface area (Å²) in [5, 5.41) is 0. The quantitative estimate of drug-likeness (QED) is 0.898. The molecule has 2 nitrogen and oxygen atoms in total. The molecule has 0 aromatic heterocycles. The van der Waals surface area contributed by atoms with Gasteiger partial charge in [-0.05, 0) is 30.2 Å². The normalized spacial score (nSPS) is 13.8. The van der Waals surface area contributed by atoms with Gasteiger partial charge in [0.15, 0.2) is 0 Å². The molecule has 0 saturated heterocycles. The van der Waals surface area contributed by atoms with Crippen LogP contribution in [0.1, 0.15) is 30.9 Å². The van der Waals surface area contributed by atoms with Gasteiger partial charge >= 0.3 is 0 Å². The lowest BCUT2D eigenvalue weighted by atomic mass is 9.80. The molecule has 2 rings (SSSR count). The van der Waals surface area contributed by atoms with E-state index in [9.17, 15) is 4.39 Å². The van der Waals surface area contributed by atoms with Gasteiger partial charge in [-0.2, -0.15) is 0 Å². The Kier molecular flexibility index (Phi) is 4.40. The molecular formula is C17H20FNO. The van der Waals surface area contributed by atoms with Crippen LogP contribution in [0.15, 0.2) is 48.5 Å². The summed E-state index contributed by atoms with van der Waals surface area (Å²) < 4.78 is 19.0. The Balaban J connectivity index is 2.61. The van der Waals surface area contributed by atoms with E-state index in [0.29, 0.717) is 11.3 Å². The van der Waals surface area contributed by atoms with Crippen molar-refractivity contribution in [3.63, 3.8) is 0 Å². The number of ether oxygens (including phenoxy) is 1. The molecule has 0 fully saturated rings. The molecule has 2 N–H and O–H groups in total. The Morgan fingerprint density at radius 3 is 2.45 bits per heavy atom. The van der Waals surface area contributed by atoms with E-state index in [2.05, 4.69) is 6.92 Å². The maximum atomic E-state index is 13.7. The lowest BCUT2D eigenvalue weighted by Gasteiger charge is -2.32. The summed E-state index contributed by atoms with van der Waals surface area (Å²) in [7, 11) is 1.58. The fourth-order valence-electron chi connectivity index (χ4n) is 2.59. The molecule has 0 aliphatic heterocycles. The van der Waals surface area contributed by atoms with Crippen molar-refractivity contribution in [2.24, 2.45) is 5.73 Å². The molecule has 0 spiro atoms. The van der Waals surface area contributed by atoms with E-state index in [1.807, 2.05) is 30.3 Å². The van der Waals surface area contributed by atoms with Crippen LogP contribution in [0.4, 0.5) is 4.39 Å². The maximum absolute atomic E-state index is 13.7. The van der Waals surface area contributed by atoms with E-state index < -0.39 is 5.54 Å². The fourth-order valence-corrected chi connectivity index (χ4v) is 2.59. The van der Waals surface area contributed by atoms with Gasteiger partial charge in [0.2, 0.25) is 0 Å². The molecule has 0 bridgehead atoms. The molecule has 0 saturated carbocycles. The number of methoxy groups -OCH3 is 1. The Bertz CT molecular complexity index is 570. The van der Waals surface area contributed by atoms with E-state index >= 15 is 0 Å². The van der Waals surface area contributed by atoms with Crippen molar-refractivity contribution in [3.8, 4) is 5.75 Å². The third-order valence-electron chi connectivity index (χ3n) is 3.58. The van der Waals surface area contributed by atoms with Crippen LogP contribution >= 0.6 is 0 Å².